The molecule has 5 heteroatoms. The van der Waals surface area contributed by atoms with Crippen LogP contribution in [-0.4, -0.2) is 50.1 Å². The van der Waals surface area contributed by atoms with Gasteiger partial charge in [-0.1, -0.05) is 26.7 Å². The van der Waals surface area contributed by atoms with Crippen molar-refractivity contribution in [3.63, 3.8) is 0 Å². The molecule has 4 nitrogen and oxygen atoms in total. The summed E-state index contributed by atoms with van der Waals surface area (Å²) in [5.41, 5.74) is 0. The predicted molar refractivity (Wildman–Crippen MR) is 94.6 cm³/mol. The maximum atomic E-state index is 4.27. The van der Waals surface area contributed by atoms with Crippen LogP contribution in [0, 0.1) is 0 Å². The number of halogens is 1. The highest BCUT2D eigenvalue weighted by molar-refractivity contribution is 14.0. The molecule has 1 aliphatic rings. The maximum absolute atomic E-state index is 4.27. The molecule has 0 amide bonds. The lowest BCUT2D eigenvalue weighted by molar-refractivity contribution is 0.267. The molecular formula is C14H31IN4. The Hall–Kier alpha value is -0.0400. The zero-order chi connectivity index (χ0) is 13.2. The van der Waals surface area contributed by atoms with Gasteiger partial charge in [0.15, 0.2) is 5.96 Å². The van der Waals surface area contributed by atoms with E-state index in [9.17, 15) is 0 Å². The lowest BCUT2D eigenvalue weighted by Gasteiger charge is -2.23. The molecule has 1 fully saturated rings. The number of hydrogen-bond donors (Lipinski definition) is 2. The van der Waals surface area contributed by atoms with Gasteiger partial charge in [0.1, 0.15) is 0 Å². The van der Waals surface area contributed by atoms with E-state index in [-0.39, 0.29) is 24.0 Å². The summed E-state index contributed by atoms with van der Waals surface area (Å²) in [5, 5.41) is 6.83. The maximum Gasteiger partial charge on any atom is 0.191 e. The van der Waals surface area contributed by atoms with E-state index in [2.05, 4.69) is 34.4 Å². The zero-order valence-corrected chi connectivity index (χ0v) is 15.1. The van der Waals surface area contributed by atoms with Crippen molar-refractivity contribution in [2.24, 2.45) is 4.99 Å². The number of likely N-dealkylation sites (N-methyl/N-ethyl adjacent to an activating group) is 1. The molecule has 114 valence electrons. The Balaban J connectivity index is 0.00000324. The monoisotopic (exact) mass is 382 g/mol. The summed E-state index contributed by atoms with van der Waals surface area (Å²) < 4.78 is 0. The molecule has 0 bridgehead atoms. The van der Waals surface area contributed by atoms with Gasteiger partial charge in [0, 0.05) is 26.2 Å². The third-order valence-electron chi connectivity index (χ3n) is 3.71. The molecule has 1 aliphatic heterocycles. The Kier molecular flexibility index (Phi) is 11.7. The standard InChI is InChI=1S/C14H30N4.HI/c1-4-6-7-10-16-14(15-3)17-12-13-9-8-11-18(13)5-2;/h13H,4-12H2,1-3H3,(H2,15,16,17);1H. The first-order chi connectivity index (χ1) is 8.81. The van der Waals surface area contributed by atoms with Crippen molar-refractivity contribution in [1.82, 2.24) is 15.5 Å². The van der Waals surface area contributed by atoms with Crippen molar-refractivity contribution < 1.29 is 0 Å². The Morgan fingerprint density at radius 2 is 2.05 bits per heavy atom. The van der Waals surface area contributed by atoms with Gasteiger partial charge in [-0.25, -0.2) is 0 Å². The fourth-order valence-corrected chi connectivity index (χ4v) is 2.56. The van der Waals surface area contributed by atoms with Crippen LogP contribution in [0.1, 0.15) is 46.0 Å². The van der Waals surface area contributed by atoms with Crippen LogP contribution in [-0.2, 0) is 0 Å². The number of nitrogens with zero attached hydrogens (tertiary/aromatic N) is 2. The van der Waals surface area contributed by atoms with Crippen LogP contribution in [0.4, 0.5) is 0 Å². The molecule has 0 spiro atoms. The van der Waals surface area contributed by atoms with Crippen molar-refractivity contribution in [1.29, 1.82) is 0 Å². The minimum absolute atomic E-state index is 0. The lowest BCUT2D eigenvalue weighted by atomic mass is 10.2. The number of likely N-dealkylation sites (tertiary alicyclic amines) is 1. The van der Waals surface area contributed by atoms with Crippen molar-refractivity contribution in [2.75, 3.05) is 33.2 Å². The molecule has 1 heterocycles. The van der Waals surface area contributed by atoms with Gasteiger partial charge in [-0.15, -0.1) is 24.0 Å². The van der Waals surface area contributed by atoms with E-state index < -0.39 is 0 Å². The first-order valence-corrected chi connectivity index (χ1v) is 7.50. The lowest BCUT2D eigenvalue weighted by Crippen LogP contribution is -2.45. The highest BCUT2D eigenvalue weighted by atomic mass is 127. The van der Waals surface area contributed by atoms with E-state index in [1.807, 2.05) is 7.05 Å². The SMILES string of the molecule is CCCCCNC(=NC)NCC1CCCN1CC.I. The number of unbranched alkanes of at least 4 members (excludes halogenated alkanes) is 2. The molecule has 0 saturated carbocycles. The van der Waals surface area contributed by atoms with Crippen molar-refractivity contribution in [2.45, 2.75) is 52.0 Å². The van der Waals surface area contributed by atoms with Crippen LogP contribution >= 0.6 is 24.0 Å². The Bertz CT molecular complexity index is 246. The van der Waals surface area contributed by atoms with E-state index in [1.54, 1.807) is 0 Å². The van der Waals surface area contributed by atoms with Gasteiger partial charge in [-0.3, -0.25) is 9.89 Å². The number of guanidine groups is 1. The second kappa shape index (κ2) is 11.8. The second-order valence-electron chi connectivity index (χ2n) is 5.01. The van der Waals surface area contributed by atoms with Gasteiger partial charge in [0.25, 0.3) is 0 Å². The molecule has 19 heavy (non-hydrogen) atoms. The topological polar surface area (TPSA) is 39.7 Å². The third-order valence-corrected chi connectivity index (χ3v) is 3.71. The van der Waals surface area contributed by atoms with E-state index in [4.69, 9.17) is 0 Å². The molecule has 2 N–H and O–H groups in total. The minimum atomic E-state index is 0. The minimum Gasteiger partial charge on any atom is -0.356 e. The molecule has 0 radical (unpaired) electrons. The van der Waals surface area contributed by atoms with Gasteiger partial charge in [0.2, 0.25) is 0 Å². The van der Waals surface area contributed by atoms with Crippen LogP contribution < -0.4 is 10.6 Å². The van der Waals surface area contributed by atoms with Crippen LogP contribution in [0.2, 0.25) is 0 Å². The summed E-state index contributed by atoms with van der Waals surface area (Å²) in [6.45, 7) is 8.93. The molecular weight excluding hydrogens is 351 g/mol. The van der Waals surface area contributed by atoms with Crippen LogP contribution in [0.5, 0.6) is 0 Å². The van der Waals surface area contributed by atoms with E-state index in [0.717, 1.165) is 25.6 Å². The summed E-state index contributed by atoms with van der Waals surface area (Å²) in [7, 11) is 1.85. The fraction of sp³-hybridized carbons (Fsp3) is 0.929. The first-order valence-electron chi connectivity index (χ1n) is 7.50. The number of rotatable bonds is 7. The molecule has 0 aromatic carbocycles. The molecule has 1 rings (SSSR count). The second-order valence-corrected chi connectivity index (χ2v) is 5.01. The predicted octanol–water partition coefficient (Wildman–Crippen LogP) is 2.44. The smallest absolute Gasteiger partial charge is 0.191 e. The Morgan fingerprint density at radius 3 is 2.68 bits per heavy atom. The first kappa shape index (κ1) is 19.0. The van der Waals surface area contributed by atoms with E-state index in [0.29, 0.717) is 6.04 Å². The molecule has 1 saturated heterocycles. The average molecular weight is 382 g/mol. The summed E-state index contributed by atoms with van der Waals surface area (Å²) >= 11 is 0. The van der Waals surface area contributed by atoms with E-state index in [1.165, 1.54) is 38.6 Å². The Labute approximate surface area is 135 Å². The largest absolute Gasteiger partial charge is 0.356 e. The number of nitrogens with one attached hydrogen (secondary N) is 2. The molecule has 1 atom stereocenters. The highest BCUT2D eigenvalue weighted by Gasteiger charge is 2.22. The third kappa shape index (κ3) is 7.34. The normalized spacial score (nSPS) is 20.2. The van der Waals surface area contributed by atoms with E-state index >= 15 is 0 Å². The van der Waals surface area contributed by atoms with Gasteiger partial charge >= 0.3 is 0 Å². The molecule has 0 aromatic rings. The summed E-state index contributed by atoms with van der Waals surface area (Å²) in [4.78, 5) is 6.83. The summed E-state index contributed by atoms with van der Waals surface area (Å²) in [6.07, 6.45) is 6.43. The van der Waals surface area contributed by atoms with Gasteiger partial charge in [-0.05, 0) is 32.4 Å². The van der Waals surface area contributed by atoms with Crippen molar-refractivity contribution in [3.8, 4) is 0 Å². The van der Waals surface area contributed by atoms with Crippen molar-refractivity contribution >= 4 is 29.9 Å². The average Bonchev–Trinajstić information content (AvgIpc) is 2.85. The number of hydrogen-bond acceptors (Lipinski definition) is 2. The highest BCUT2D eigenvalue weighted by Crippen LogP contribution is 2.15. The van der Waals surface area contributed by atoms with Gasteiger partial charge in [0.05, 0.1) is 0 Å². The Morgan fingerprint density at radius 1 is 1.26 bits per heavy atom. The molecule has 1 unspecified atom stereocenters. The zero-order valence-electron chi connectivity index (χ0n) is 12.7. The molecule has 0 aromatic heterocycles. The quantitative estimate of drug-likeness (QED) is 0.308. The summed E-state index contributed by atoms with van der Waals surface area (Å²) in [6, 6.07) is 0.684. The number of aliphatic imine (C=N–C) groups is 1. The molecule has 0 aliphatic carbocycles. The van der Waals surface area contributed by atoms with Crippen LogP contribution in [0.3, 0.4) is 0 Å². The van der Waals surface area contributed by atoms with Gasteiger partial charge in [-0.2, -0.15) is 0 Å². The van der Waals surface area contributed by atoms with Crippen LogP contribution in [0.25, 0.3) is 0 Å². The van der Waals surface area contributed by atoms with Crippen molar-refractivity contribution in [3.05, 3.63) is 0 Å². The fourth-order valence-electron chi connectivity index (χ4n) is 2.56. The van der Waals surface area contributed by atoms with Gasteiger partial charge < -0.3 is 10.6 Å². The summed E-state index contributed by atoms with van der Waals surface area (Å²) in [5.74, 6) is 0.953. The van der Waals surface area contributed by atoms with Crippen LogP contribution in [0.15, 0.2) is 4.99 Å².